The van der Waals surface area contributed by atoms with Crippen molar-refractivity contribution in [3.05, 3.63) is 83.4 Å². The van der Waals surface area contributed by atoms with E-state index < -0.39 is 18.1 Å². The van der Waals surface area contributed by atoms with E-state index >= 15 is 0 Å². The number of carboxylic acid groups (broad SMARTS) is 1. The molecule has 1 atom stereocenters. The number of hydrogen-bond donors (Lipinski definition) is 2. The van der Waals surface area contributed by atoms with Crippen molar-refractivity contribution in [3.63, 3.8) is 0 Å². The first kappa shape index (κ1) is 25.1. The van der Waals surface area contributed by atoms with Gasteiger partial charge in [0.2, 0.25) is 0 Å². The molecule has 0 aromatic heterocycles. The Kier molecular flexibility index (Phi) is 7.48. The number of phenols is 1. The number of hydrogen-bond acceptors (Lipinski definition) is 5. The van der Waals surface area contributed by atoms with Gasteiger partial charge in [0.1, 0.15) is 24.1 Å². The van der Waals surface area contributed by atoms with Crippen LogP contribution < -0.4 is 4.74 Å². The monoisotopic (exact) mass is 489 g/mol. The van der Waals surface area contributed by atoms with Gasteiger partial charge < -0.3 is 19.7 Å². The van der Waals surface area contributed by atoms with Crippen molar-refractivity contribution in [2.45, 2.75) is 38.8 Å². The van der Waals surface area contributed by atoms with Crippen LogP contribution in [0.15, 0.2) is 66.7 Å². The Bertz CT molecular complexity index is 1210. The third-order valence-corrected chi connectivity index (χ3v) is 6.56. The number of fused-ring (bicyclic) bond motifs is 3. The zero-order valence-electron chi connectivity index (χ0n) is 20.7. The number of aliphatic carboxylic acids is 1. The molecule has 1 aliphatic rings. The van der Waals surface area contributed by atoms with Crippen LogP contribution in [0.4, 0.5) is 4.79 Å². The number of amides is 1. The van der Waals surface area contributed by atoms with Gasteiger partial charge in [0.15, 0.2) is 0 Å². The fourth-order valence-electron chi connectivity index (χ4n) is 4.77. The van der Waals surface area contributed by atoms with Crippen LogP contribution >= 0.6 is 0 Å². The number of methoxy groups -OCH3 is 1. The Balaban J connectivity index is 1.60. The average molecular weight is 490 g/mol. The maximum atomic E-state index is 13.4. The van der Waals surface area contributed by atoms with Gasteiger partial charge in [0.25, 0.3) is 0 Å². The minimum atomic E-state index is -1.12. The van der Waals surface area contributed by atoms with Crippen LogP contribution in [-0.4, -0.2) is 46.9 Å². The van der Waals surface area contributed by atoms with E-state index in [1.165, 1.54) is 18.1 Å². The molecular formula is C29H31NO6. The van der Waals surface area contributed by atoms with Crippen LogP contribution in [0.2, 0.25) is 0 Å². The lowest BCUT2D eigenvalue weighted by Crippen LogP contribution is -2.45. The number of carboxylic acids is 1. The predicted octanol–water partition coefficient (Wildman–Crippen LogP) is 5.65. The molecule has 1 amide bonds. The van der Waals surface area contributed by atoms with Gasteiger partial charge >= 0.3 is 12.1 Å². The van der Waals surface area contributed by atoms with E-state index in [9.17, 15) is 19.8 Å². The van der Waals surface area contributed by atoms with Crippen molar-refractivity contribution in [1.29, 1.82) is 0 Å². The fraction of sp³-hybridized carbons (Fsp3) is 0.310. The molecule has 7 nitrogen and oxygen atoms in total. The molecule has 0 bridgehead atoms. The van der Waals surface area contributed by atoms with Gasteiger partial charge in [-0.3, -0.25) is 4.90 Å². The summed E-state index contributed by atoms with van der Waals surface area (Å²) in [5.74, 6) is -0.865. The lowest BCUT2D eigenvalue weighted by Gasteiger charge is -2.30. The molecule has 0 heterocycles. The second kappa shape index (κ2) is 10.7. The van der Waals surface area contributed by atoms with Crippen LogP contribution in [0.5, 0.6) is 11.5 Å². The molecular weight excluding hydrogens is 458 g/mol. The molecule has 0 spiro atoms. The van der Waals surface area contributed by atoms with Gasteiger partial charge in [0, 0.05) is 17.5 Å². The summed E-state index contributed by atoms with van der Waals surface area (Å²) < 4.78 is 10.9. The maximum absolute atomic E-state index is 13.4. The van der Waals surface area contributed by atoms with Crippen LogP contribution in [0.3, 0.4) is 0 Å². The van der Waals surface area contributed by atoms with Crippen molar-refractivity contribution < 1.29 is 29.3 Å². The first-order valence-electron chi connectivity index (χ1n) is 12.0. The number of nitrogens with zero attached hydrogens (tertiary/aromatic N) is 1. The summed E-state index contributed by atoms with van der Waals surface area (Å²) in [7, 11) is 1.49. The lowest BCUT2D eigenvalue weighted by atomic mass is 9.98. The third kappa shape index (κ3) is 5.15. The van der Waals surface area contributed by atoms with Crippen molar-refractivity contribution in [2.24, 2.45) is 5.92 Å². The molecule has 188 valence electrons. The van der Waals surface area contributed by atoms with Crippen molar-refractivity contribution >= 4 is 12.1 Å². The summed E-state index contributed by atoms with van der Waals surface area (Å²) in [6.45, 7) is 3.76. The average Bonchev–Trinajstić information content (AvgIpc) is 3.18. The van der Waals surface area contributed by atoms with E-state index in [0.29, 0.717) is 11.3 Å². The van der Waals surface area contributed by atoms with Gasteiger partial charge in [-0.05, 0) is 46.7 Å². The SMILES string of the molecule is COc1ccc(CN(C(=O)OCC2c3ccccc3-c3ccccc32)[C@@H](CC(C)C)C(=O)O)c(O)c1. The molecule has 36 heavy (non-hydrogen) atoms. The highest BCUT2D eigenvalue weighted by Gasteiger charge is 2.34. The summed E-state index contributed by atoms with van der Waals surface area (Å²) in [6.07, 6.45) is -0.490. The van der Waals surface area contributed by atoms with Crippen LogP contribution in [0.1, 0.15) is 42.9 Å². The largest absolute Gasteiger partial charge is 0.507 e. The Morgan fingerprint density at radius 2 is 1.58 bits per heavy atom. The Labute approximate surface area is 210 Å². The molecule has 0 saturated heterocycles. The van der Waals surface area contributed by atoms with Crippen molar-refractivity contribution in [1.82, 2.24) is 4.90 Å². The van der Waals surface area contributed by atoms with Gasteiger partial charge in [-0.1, -0.05) is 62.4 Å². The Morgan fingerprint density at radius 3 is 2.11 bits per heavy atom. The zero-order valence-corrected chi connectivity index (χ0v) is 20.7. The molecule has 0 saturated carbocycles. The van der Waals surface area contributed by atoms with E-state index in [4.69, 9.17) is 9.47 Å². The quantitative estimate of drug-likeness (QED) is 0.403. The highest BCUT2D eigenvalue weighted by molar-refractivity contribution is 5.81. The molecule has 2 N–H and O–H groups in total. The summed E-state index contributed by atoms with van der Waals surface area (Å²) in [4.78, 5) is 26.8. The minimum Gasteiger partial charge on any atom is -0.507 e. The van der Waals surface area contributed by atoms with E-state index in [2.05, 4.69) is 12.1 Å². The van der Waals surface area contributed by atoms with E-state index in [1.807, 2.05) is 50.2 Å². The highest BCUT2D eigenvalue weighted by Crippen LogP contribution is 2.44. The number of carbonyl (C=O) groups is 2. The van der Waals surface area contributed by atoms with Gasteiger partial charge in [-0.15, -0.1) is 0 Å². The number of aromatic hydroxyl groups is 1. The molecule has 0 radical (unpaired) electrons. The number of ether oxygens (including phenoxy) is 2. The lowest BCUT2D eigenvalue weighted by molar-refractivity contribution is -0.143. The molecule has 0 fully saturated rings. The summed E-state index contributed by atoms with van der Waals surface area (Å²) in [5, 5.41) is 20.4. The molecule has 0 unspecified atom stereocenters. The Morgan fingerprint density at radius 1 is 0.972 bits per heavy atom. The van der Waals surface area contributed by atoms with E-state index in [1.54, 1.807) is 12.1 Å². The summed E-state index contributed by atoms with van der Waals surface area (Å²) >= 11 is 0. The van der Waals surface area contributed by atoms with Crippen molar-refractivity contribution in [3.8, 4) is 22.6 Å². The number of benzene rings is 3. The van der Waals surface area contributed by atoms with E-state index in [0.717, 1.165) is 22.3 Å². The van der Waals surface area contributed by atoms with Crippen molar-refractivity contribution in [2.75, 3.05) is 13.7 Å². The first-order chi connectivity index (χ1) is 17.3. The standard InChI is InChI=1S/C29H31NO6/c1-18(2)14-26(28(32)33)30(16-19-12-13-20(35-3)15-27(19)31)29(34)36-17-25-23-10-6-4-8-21(23)22-9-5-7-11-24(22)25/h4-13,15,18,25-26,31H,14,16-17H2,1-3H3,(H,32,33)/t26-/m0/s1. The number of phenolic OH excluding ortho intramolecular Hbond substituents is 1. The maximum Gasteiger partial charge on any atom is 0.410 e. The molecule has 0 aliphatic heterocycles. The van der Waals surface area contributed by atoms with Gasteiger partial charge in [-0.2, -0.15) is 0 Å². The highest BCUT2D eigenvalue weighted by atomic mass is 16.6. The zero-order chi connectivity index (χ0) is 25.8. The summed E-state index contributed by atoms with van der Waals surface area (Å²) in [5.41, 5.74) is 4.76. The van der Waals surface area contributed by atoms with E-state index in [-0.39, 0.29) is 37.2 Å². The molecule has 3 aromatic rings. The molecule has 4 rings (SSSR count). The smallest absolute Gasteiger partial charge is 0.410 e. The first-order valence-corrected chi connectivity index (χ1v) is 12.0. The predicted molar refractivity (Wildman–Crippen MR) is 136 cm³/mol. The molecule has 7 heteroatoms. The van der Waals surface area contributed by atoms with Crippen LogP contribution in [0.25, 0.3) is 11.1 Å². The number of carbonyl (C=O) groups excluding carboxylic acids is 1. The molecule has 1 aliphatic carbocycles. The minimum absolute atomic E-state index is 0.0273. The van der Waals surface area contributed by atoms with Gasteiger partial charge in [0.05, 0.1) is 13.7 Å². The second-order valence-electron chi connectivity index (χ2n) is 9.41. The Hall–Kier alpha value is -4.00. The third-order valence-electron chi connectivity index (χ3n) is 6.56. The normalized spacial score (nSPS) is 13.1. The number of rotatable bonds is 9. The summed E-state index contributed by atoms with van der Waals surface area (Å²) in [6, 6.07) is 19.6. The fourth-order valence-corrected chi connectivity index (χ4v) is 4.77. The molecule has 3 aromatic carbocycles. The second-order valence-corrected chi connectivity index (χ2v) is 9.41. The van der Waals surface area contributed by atoms with Crippen LogP contribution in [0, 0.1) is 5.92 Å². The topological polar surface area (TPSA) is 96.3 Å². The van der Waals surface area contributed by atoms with Crippen LogP contribution in [-0.2, 0) is 16.1 Å². The van der Waals surface area contributed by atoms with Gasteiger partial charge in [-0.25, -0.2) is 9.59 Å².